The molecule has 0 bridgehead atoms. The molecule has 0 spiro atoms. The molecule has 6 nitrogen and oxygen atoms in total. The molecule has 25 heavy (non-hydrogen) atoms. The first kappa shape index (κ1) is 20.5. The summed E-state index contributed by atoms with van der Waals surface area (Å²) in [5.74, 6) is -0.505. The fourth-order valence-electron chi connectivity index (χ4n) is 2.89. The van der Waals surface area contributed by atoms with E-state index < -0.39 is 28.3 Å². The van der Waals surface area contributed by atoms with Gasteiger partial charge in [0, 0.05) is 29.7 Å². The summed E-state index contributed by atoms with van der Waals surface area (Å²) in [5.41, 5.74) is 0.643. The van der Waals surface area contributed by atoms with Crippen LogP contribution >= 0.6 is 23.2 Å². The molecule has 1 fully saturated rings. The van der Waals surface area contributed by atoms with Gasteiger partial charge in [-0.15, -0.1) is 0 Å². The van der Waals surface area contributed by atoms with Crippen LogP contribution in [-0.2, 0) is 19.7 Å². The Kier molecular flexibility index (Phi) is 6.73. The quantitative estimate of drug-likeness (QED) is 0.677. The first-order chi connectivity index (χ1) is 11.7. The van der Waals surface area contributed by atoms with Crippen LogP contribution in [-0.4, -0.2) is 49.2 Å². The van der Waals surface area contributed by atoms with Crippen molar-refractivity contribution < 1.29 is 17.9 Å². The predicted molar refractivity (Wildman–Crippen MR) is 97.9 cm³/mol. The van der Waals surface area contributed by atoms with E-state index in [1.807, 2.05) is 0 Å². The van der Waals surface area contributed by atoms with Crippen LogP contribution < -0.4 is 0 Å². The Morgan fingerprint density at radius 2 is 2.12 bits per heavy atom. The van der Waals surface area contributed by atoms with Gasteiger partial charge in [-0.2, -0.15) is 17.0 Å². The van der Waals surface area contributed by atoms with Crippen molar-refractivity contribution in [3.8, 4) is 0 Å². The third kappa shape index (κ3) is 4.28. The number of halogens is 2. The number of carbonyl (C=O) groups excluding carboxylic acids is 1. The first-order valence-corrected chi connectivity index (χ1v) is 10.2. The molecule has 2 atom stereocenters. The molecule has 140 valence electrons. The molecule has 0 N–H and O–H groups in total. The van der Waals surface area contributed by atoms with Crippen molar-refractivity contribution in [1.29, 1.82) is 0 Å². The molecule has 2 unspecified atom stereocenters. The largest absolute Gasteiger partial charge is 0.465 e. The van der Waals surface area contributed by atoms with Gasteiger partial charge in [0.25, 0.3) is 10.2 Å². The summed E-state index contributed by atoms with van der Waals surface area (Å²) in [5, 5.41) is 0.874. The molecular formula is C16H22Cl2N2O4S. The van der Waals surface area contributed by atoms with E-state index in [9.17, 15) is 13.2 Å². The fraction of sp³-hybridized carbons (Fsp3) is 0.562. The highest BCUT2D eigenvalue weighted by Crippen LogP contribution is 2.33. The lowest BCUT2D eigenvalue weighted by Gasteiger charge is -2.31. The number of hydrogen-bond acceptors (Lipinski definition) is 4. The van der Waals surface area contributed by atoms with E-state index in [0.29, 0.717) is 28.5 Å². The molecule has 2 rings (SSSR count). The molecule has 1 aliphatic heterocycles. The molecule has 0 aromatic heterocycles. The Morgan fingerprint density at radius 3 is 2.72 bits per heavy atom. The number of benzene rings is 1. The van der Waals surface area contributed by atoms with Crippen LogP contribution in [0.2, 0.25) is 10.0 Å². The number of rotatable bonds is 6. The second-order valence-corrected chi connectivity index (χ2v) is 8.67. The van der Waals surface area contributed by atoms with Crippen LogP contribution in [0.3, 0.4) is 0 Å². The van der Waals surface area contributed by atoms with Crippen molar-refractivity contribution >= 4 is 39.4 Å². The molecule has 0 radical (unpaired) electrons. The normalized spacial score (nSPS) is 20.0. The van der Waals surface area contributed by atoms with Gasteiger partial charge < -0.3 is 4.74 Å². The molecule has 1 heterocycles. The Balaban J connectivity index is 2.26. The lowest BCUT2D eigenvalue weighted by molar-refractivity contribution is -0.146. The standard InChI is InChI=1S/C16H22Cl2N2O4S/c1-4-24-16(21)15-6-5-9-20(15)25(22,23)19(3)11(2)13-8-7-12(17)10-14(13)18/h7-8,10-11,15H,4-6,9H2,1-3H3. The van der Waals surface area contributed by atoms with Crippen LogP contribution in [0.15, 0.2) is 18.2 Å². The van der Waals surface area contributed by atoms with Gasteiger partial charge in [0.2, 0.25) is 0 Å². The summed E-state index contributed by atoms with van der Waals surface area (Å²) < 4.78 is 33.5. The van der Waals surface area contributed by atoms with E-state index in [0.717, 1.165) is 0 Å². The van der Waals surface area contributed by atoms with Crippen LogP contribution in [0.25, 0.3) is 0 Å². The summed E-state index contributed by atoms with van der Waals surface area (Å²) >= 11 is 12.1. The van der Waals surface area contributed by atoms with Crippen molar-refractivity contribution in [1.82, 2.24) is 8.61 Å². The second-order valence-electron chi connectivity index (χ2n) is 5.89. The van der Waals surface area contributed by atoms with E-state index >= 15 is 0 Å². The third-order valence-corrected chi connectivity index (χ3v) is 7.02. The van der Waals surface area contributed by atoms with Crippen LogP contribution in [0.1, 0.15) is 38.3 Å². The maximum Gasteiger partial charge on any atom is 0.324 e. The number of nitrogens with zero attached hydrogens (tertiary/aromatic N) is 2. The molecular weight excluding hydrogens is 387 g/mol. The van der Waals surface area contributed by atoms with Gasteiger partial charge in [-0.05, 0) is 44.4 Å². The number of ether oxygens (including phenoxy) is 1. The van der Waals surface area contributed by atoms with E-state index in [1.54, 1.807) is 32.0 Å². The van der Waals surface area contributed by atoms with E-state index in [-0.39, 0.29) is 13.2 Å². The molecule has 1 aliphatic rings. The lowest BCUT2D eigenvalue weighted by Crippen LogP contribution is -2.48. The zero-order valence-corrected chi connectivity index (χ0v) is 16.7. The van der Waals surface area contributed by atoms with Crippen LogP contribution in [0.4, 0.5) is 0 Å². The summed E-state index contributed by atoms with van der Waals surface area (Å²) in [6.07, 6.45) is 1.08. The second kappa shape index (κ2) is 8.22. The van der Waals surface area contributed by atoms with Gasteiger partial charge in [-0.3, -0.25) is 4.79 Å². The van der Waals surface area contributed by atoms with Crippen molar-refractivity contribution in [3.63, 3.8) is 0 Å². The molecule has 1 aromatic rings. The highest BCUT2D eigenvalue weighted by molar-refractivity contribution is 7.86. The van der Waals surface area contributed by atoms with Crippen molar-refractivity contribution in [2.24, 2.45) is 0 Å². The molecule has 9 heteroatoms. The minimum Gasteiger partial charge on any atom is -0.465 e. The summed E-state index contributed by atoms with van der Waals surface area (Å²) in [4.78, 5) is 12.1. The fourth-order valence-corrected chi connectivity index (χ4v) is 5.18. The minimum atomic E-state index is -3.85. The van der Waals surface area contributed by atoms with Gasteiger partial charge >= 0.3 is 5.97 Å². The zero-order chi connectivity index (χ0) is 18.8. The summed E-state index contributed by atoms with van der Waals surface area (Å²) in [7, 11) is -2.37. The topological polar surface area (TPSA) is 66.9 Å². The molecule has 0 aliphatic carbocycles. The number of hydrogen-bond donors (Lipinski definition) is 0. The SMILES string of the molecule is CCOC(=O)C1CCCN1S(=O)(=O)N(C)C(C)c1ccc(Cl)cc1Cl. The Morgan fingerprint density at radius 1 is 1.44 bits per heavy atom. The molecule has 0 saturated carbocycles. The maximum atomic E-state index is 13.0. The average molecular weight is 409 g/mol. The Labute approximate surface area is 158 Å². The van der Waals surface area contributed by atoms with Crippen molar-refractivity contribution in [2.75, 3.05) is 20.2 Å². The van der Waals surface area contributed by atoms with Gasteiger partial charge in [0.15, 0.2) is 0 Å². The molecule has 0 amide bonds. The Bertz CT molecular complexity index is 742. The zero-order valence-electron chi connectivity index (χ0n) is 14.4. The first-order valence-electron chi connectivity index (χ1n) is 8.06. The van der Waals surface area contributed by atoms with Crippen molar-refractivity contribution in [3.05, 3.63) is 33.8 Å². The highest BCUT2D eigenvalue weighted by Gasteiger charge is 2.42. The Hall–Kier alpha value is -0.860. The average Bonchev–Trinajstić information content (AvgIpc) is 3.04. The summed E-state index contributed by atoms with van der Waals surface area (Å²) in [6, 6.07) is 3.65. The number of esters is 1. The van der Waals surface area contributed by atoms with E-state index in [1.165, 1.54) is 15.7 Å². The number of carbonyl (C=O) groups is 1. The third-order valence-electron chi connectivity index (χ3n) is 4.38. The van der Waals surface area contributed by atoms with E-state index in [2.05, 4.69) is 0 Å². The van der Waals surface area contributed by atoms with Gasteiger partial charge in [0.1, 0.15) is 6.04 Å². The smallest absolute Gasteiger partial charge is 0.324 e. The van der Waals surface area contributed by atoms with Gasteiger partial charge in [-0.1, -0.05) is 29.3 Å². The maximum absolute atomic E-state index is 13.0. The predicted octanol–water partition coefficient (Wildman–Crippen LogP) is 3.26. The lowest BCUT2D eigenvalue weighted by atomic mass is 10.1. The van der Waals surface area contributed by atoms with Crippen molar-refractivity contribution in [2.45, 2.75) is 38.8 Å². The van der Waals surface area contributed by atoms with Crippen LogP contribution in [0.5, 0.6) is 0 Å². The van der Waals surface area contributed by atoms with Gasteiger partial charge in [0.05, 0.1) is 6.61 Å². The molecule has 1 aromatic carbocycles. The monoisotopic (exact) mass is 408 g/mol. The summed E-state index contributed by atoms with van der Waals surface area (Å²) in [6.45, 7) is 3.94. The van der Waals surface area contributed by atoms with E-state index in [4.69, 9.17) is 27.9 Å². The minimum absolute atomic E-state index is 0.218. The molecule has 1 saturated heterocycles. The van der Waals surface area contributed by atoms with Gasteiger partial charge in [-0.25, -0.2) is 0 Å². The van der Waals surface area contributed by atoms with Crippen LogP contribution in [0, 0.1) is 0 Å². The highest BCUT2D eigenvalue weighted by atomic mass is 35.5.